The average molecular weight is 505 g/mol. The van der Waals surface area contributed by atoms with Crippen molar-refractivity contribution in [2.45, 2.75) is 57.5 Å². The Morgan fingerprint density at radius 3 is 2.32 bits per heavy atom. The third-order valence-corrected chi connectivity index (χ3v) is 8.17. The fourth-order valence-corrected chi connectivity index (χ4v) is 6.15. The third kappa shape index (κ3) is 5.28. The first-order valence-corrected chi connectivity index (χ1v) is 13.6. The van der Waals surface area contributed by atoms with Crippen molar-refractivity contribution in [2.75, 3.05) is 45.7 Å². The SMILES string of the molecule is COc1ccc(-c2[nH]c3ccc(NC4CCC(N5CCN(C=O)CC5)CC4)cc3c2C(C)C)cc1OC. The molecule has 1 aromatic heterocycles. The number of carbonyl (C=O) groups excluding carboxylic acids is 1. The quantitative estimate of drug-likeness (QED) is 0.398. The predicted molar refractivity (Wildman–Crippen MR) is 150 cm³/mol. The molecule has 37 heavy (non-hydrogen) atoms. The van der Waals surface area contributed by atoms with Crippen LogP contribution in [0.2, 0.25) is 0 Å². The van der Waals surface area contributed by atoms with E-state index in [2.05, 4.69) is 53.3 Å². The summed E-state index contributed by atoms with van der Waals surface area (Å²) in [6.07, 6.45) is 5.77. The van der Waals surface area contributed by atoms with Gasteiger partial charge in [-0.15, -0.1) is 0 Å². The molecule has 1 saturated heterocycles. The molecule has 0 spiro atoms. The number of benzene rings is 2. The summed E-state index contributed by atoms with van der Waals surface area (Å²) in [5.41, 5.74) is 5.90. The zero-order chi connectivity index (χ0) is 25.9. The molecule has 2 aromatic carbocycles. The highest BCUT2D eigenvalue weighted by molar-refractivity contribution is 5.93. The molecule has 2 N–H and O–H groups in total. The summed E-state index contributed by atoms with van der Waals surface area (Å²) >= 11 is 0. The lowest BCUT2D eigenvalue weighted by molar-refractivity contribution is -0.120. The van der Waals surface area contributed by atoms with Gasteiger partial charge >= 0.3 is 0 Å². The van der Waals surface area contributed by atoms with E-state index in [9.17, 15) is 4.79 Å². The normalized spacial score (nSPS) is 20.8. The number of aromatic nitrogens is 1. The number of ether oxygens (including phenoxy) is 2. The Morgan fingerprint density at radius 1 is 0.946 bits per heavy atom. The minimum absolute atomic E-state index is 0.363. The van der Waals surface area contributed by atoms with E-state index in [1.165, 1.54) is 42.3 Å². The monoisotopic (exact) mass is 504 g/mol. The van der Waals surface area contributed by atoms with Crippen LogP contribution in [0.3, 0.4) is 0 Å². The topological polar surface area (TPSA) is 69.8 Å². The van der Waals surface area contributed by atoms with Crippen molar-refractivity contribution in [3.63, 3.8) is 0 Å². The zero-order valence-electron chi connectivity index (χ0n) is 22.5. The molecule has 2 fully saturated rings. The molecule has 1 amide bonds. The maximum atomic E-state index is 11.0. The van der Waals surface area contributed by atoms with Crippen molar-refractivity contribution < 1.29 is 14.3 Å². The van der Waals surface area contributed by atoms with E-state index in [0.717, 1.165) is 60.9 Å². The van der Waals surface area contributed by atoms with Crippen LogP contribution in [0.4, 0.5) is 5.69 Å². The van der Waals surface area contributed by atoms with Gasteiger partial charge in [0, 0.05) is 60.4 Å². The molecule has 0 unspecified atom stereocenters. The summed E-state index contributed by atoms with van der Waals surface area (Å²) in [4.78, 5) is 19.2. The molecule has 2 aliphatic rings. The molecule has 2 heterocycles. The van der Waals surface area contributed by atoms with Gasteiger partial charge in [-0.1, -0.05) is 13.8 Å². The second-order valence-electron chi connectivity index (χ2n) is 10.7. The molecule has 0 bridgehead atoms. The number of H-pyrrole nitrogens is 1. The van der Waals surface area contributed by atoms with Crippen LogP contribution in [-0.4, -0.2) is 73.7 Å². The first-order chi connectivity index (χ1) is 18.0. The van der Waals surface area contributed by atoms with E-state index >= 15 is 0 Å². The Hall–Kier alpha value is -3.19. The minimum atomic E-state index is 0.363. The van der Waals surface area contributed by atoms with Gasteiger partial charge in [0.2, 0.25) is 6.41 Å². The lowest BCUT2D eigenvalue weighted by Gasteiger charge is -2.41. The molecule has 7 nitrogen and oxygen atoms in total. The van der Waals surface area contributed by atoms with Crippen LogP contribution in [0.1, 0.15) is 51.0 Å². The first-order valence-electron chi connectivity index (χ1n) is 13.6. The Morgan fingerprint density at radius 2 is 1.68 bits per heavy atom. The average Bonchev–Trinajstić information content (AvgIpc) is 3.32. The number of amides is 1. The molecule has 1 saturated carbocycles. The van der Waals surface area contributed by atoms with Gasteiger partial charge in [-0.25, -0.2) is 0 Å². The number of rotatable bonds is 8. The molecular formula is C30H40N4O3. The fraction of sp³-hybridized carbons (Fsp3) is 0.500. The molecular weight excluding hydrogens is 464 g/mol. The van der Waals surface area contributed by atoms with Gasteiger partial charge in [0.05, 0.1) is 19.9 Å². The number of fused-ring (bicyclic) bond motifs is 1. The molecule has 0 atom stereocenters. The van der Waals surface area contributed by atoms with Gasteiger partial charge in [0.15, 0.2) is 11.5 Å². The highest BCUT2D eigenvalue weighted by atomic mass is 16.5. The number of nitrogens with one attached hydrogen (secondary N) is 2. The fourth-order valence-electron chi connectivity index (χ4n) is 6.15. The number of aromatic amines is 1. The number of hydrogen-bond acceptors (Lipinski definition) is 5. The smallest absolute Gasteiger partial charge is 0.209 e. The van der Waals surface area contributed by atoms with Gasteiger partial charge < -0.3 is 24.7 Å². The van der Waals surface area contributed by atoms with Crippen molar-refractivity contribution in [1.82, 2.24) is 14.8 Å². The molecule has 1 aliphatic heterocycles. The van der Waals surface area contributed by atoms with Crippen molar-refractivity contribution in [3.8, 4) is 22.8 Å². The van der Waals surface area contributed by atoms with E-state index in [1.807, 2.05) is 17.0 Å². The number of hydrogen-bond donors (Lipinski definition) is 2. The summed E-state index contributed by atoms with van der Waals surface area (Å²) in [6.45, 7) is 8.24. The van der Waals surface area contributed by atoms with E-state index in [0.29, 0.717) is 18.0 Å². The summed E-state index contributed by atoms with van der Waals surface area (Å²) in [7, 11) is 3.34. The maximum Gasteiger partial charge on any atom is 0.209 e. The van der Waals surface area contributed by atoms with Crippen LogP contribution in [0.5, 0.6) is 11.5 Å². The molecule has 1 aliphatic carbocycles. The first kappa shape index (κ1) is 25.5. The lowest BCUT2D eigenvalue weighted by Crippen LogP contribution is -2.51. The van der Waals surface area contributed by atoms with E-state index in [1.54, 1.807) is 14.2 Å². The summed E-state index contributed by atoms with van der Waals surface area (Å²) in [5.74, 6) is 1.83. The number of nitrogens with zero attached hydrogens (tertiary/aromatic N) is 2. The minimum Gasteiger partial charge on any atom is -0.493 e. The van der Waals surface area contributed by atoms with Crippen LogP contribution in [0.15, 0.2) is 36.4 Å². The lowest BCUT2D eigenvalue weighted by atomic mass is 9.89. The van der Waals surface area contributed by atoms with Crippen molar-refractivity contribution in [1.29, 1.82) is 0 Å². The third-order valence-electron chi connectivity index (χ3n) is 8.17. The van der Waals surface area contributed by atoms with Gasteiger partial charge in [0.1, 0.15) is 0 Å². The molecule has 5 rings (SSSR count). The molecule has 198 valence electrons. The van der Waals surface area contributed by atoms with Crippen molar-refractivity contribution in [2.24, 2.45) is 0 Å². The number of piperazine rings is 1. The second-order valence-corrected chi connectivity index (χ2v) is 10.7. The van der Waals surface area contributed by atoms with E-state index in [-0.39, 0.29) is 0 Å². The van der Waals surface area contributed by atoms with Crippen molar-refractivity contribution in [3.05, 3.63) is 42.0 Å². The molecule has 0 radical (unpaired) electrons. The predicted octanol–water partition coefficient (Wildman–Crippen LogP) is 5.47. The Kier molecular flexibility index (Phi) is 7.60. The summed E-state index contributed by atoms with van der Waals surface area (Å²) in [6, 6.07) is 14.0. The number of carbonyl (C=O) groups is 1. The van der Waals surface area contributed by atoms with Crippen LogP contribution in [0, 0.1) is 0 Å². The summed E-state index contributed by atoms with van der Waals surface area (Å²) < 4.78 is 11.0. The Bertz CT molecular complexity index is 1220. The highest BCUT2D eigenvalue weighted by Crippen LogP contribution is 2.40. The second kappa shape index (κ2) is 11.1. The molecule has 3 aromatic rings. The van der Waals surface area contributed by atoms with Crippen LogP contribution < -0.4 is 14.8 Å². The Balaban J connectivity index is 1.31. The highest BCUT2D eigenvalue weighted by Gasteiger charge is 2.28. The van der Waals surface area contributed by atoms with Crippen LogP contribution in [-0.2, 0) is 4.79 Å². The van der Waals surface area contributed by atoms with Crippen molar-refractivity contribution >= 4 is 23.0 Å². The van der Waals surface area contributed by atoms with Gasteiger partial charge in [-0.2, -0.15) is 0 Å². The van der Waals surface area contributed by atoms with Crippen LogP contribution >= 0.6 is 0 Å². The standard InChI is InChI=1S/C30H40N4O3/c1-20(2)29-25-18-23(31-22-6-9-24(10-7-22)34-15-13-33(19-35)14-16-34)8-11-26(25)32-30(29)21-5-12-27(36-3)28(17-21)37-4/h5,8,11-12,17-20,22,24,31-32H,6-7,9-10,13-16H2,1-4H3. The van der Waals surface area contributed by atoms with E-state index < -0.39 is 0 Å². The Labute approximate surface area is 220 Å². The van der Waals surface area contributed by atoms with Gasteiger partial charge in [-0.05, 0) is 73.6 Å². The van der Waals surface area contributed by atoms with Gasteiger partial charge in [0.25, 0.3) is 0 Å². The maximum absolute atomic E-state index is 11.0. The summed E-state index contributed by atoms with van der Waals surface area (Å²) in [5, 5.41) is 5.11. The number of methoxy groups -OCH3 is 2. The van der Waals surface area contributed by atoms with Gasteiger partial charge in [-0.3, -0.25) is 9.69 Å². The van der Waals surface area contributed by atoms with Crippen LogP contribution in [0.25, 0.3) is 22.2 Å². The zero-order valence-corrected chi connectivity index (χ0v) is 22.5. The molecule has 7 heteroatoms. The van der Waals surface area contributed by atoms with E-state index in [4.69, 9.17) is 9.47 Å². The number of anilines is 1. The largest absolute Gasteiger partial charge is 0.493 e.